The molecular formula is C11H20N2O2. The average molecular weight is 212 g/mol. The van der Waals surface area contributed by atoms with Gasteiger partial charge in [-0.3, -0.25) is 4.68 Å². The fourth-order valence-corrected chi connectivity index (χ4v) is 1.39. The van der Waals surface area contributed by atoms with Crippen molar-refractivity contribution in [3.05, 3.63) is 18.0 Å². The smallest absolute Gasteiger partial charge is 0.0847 e. The van der Waals surface area contributed by atoms with Gasteiger partial charge in [0.25, 0.3) is 0 Å². The summed E-state index contributed by atoms with van der Waals surface area (Å²) in [7, 11) is 1.65. The summed E-state index contributed by atoms with van der Waals surface area (Å²) in [6.07, 6.45) is 3.63. The summed E-state index contributed by atoms with van der Waals surface area (Å²) in [5.41, 5.74) is 0.537. The van der Waals surface area contributed by atoms with Crippen LogP contribution in [0.25, 0.3) is 0 Å². The van der Waals surface area contributed by atoms with E-state index in [1.165, 1.54) is 0 Å². The first-order valence-electron chi connectivity index (χ1n) is 5.24. The summed E-state index contributed by atoms with van der Waals surface area (Å²) < 4.78 is 7.08. The number of hydrogen-bond donors (Lipinski definition) is 1. The molecule has 1 rings (SSSR count). The minimum Gasteiger partial charge on any atom is -0.388 e. The van der Waals surface area contributed by atoms with Crippen LogP contribution in [0.15, 0.2) is 12.4 Å². The largest absolute Gasteiger partial charge is 0.388 e. The third-order valence-corrected chi connectivity index (χ3v) is 2.60. The topological polar surface area (TPSA) is 47.3 Å². The van der Waals surface area contributed by atoms with E-state index < -0.39 is 6.10 Å². The van der Waals surface area contributed by atoms with Crippen LogP contribution >= 0.6 is 0 Å². The number of hydrogen-bond acceptors (Lipinski definition) is 3. The van der Waals surface area contributed by atoms with Crippen molar-refractivity contribution in [2.75, 3.05) is 7.11 Å². The number of aryl methyl sites for hydroxylation is 1. The molecule has 0 fully saturated rings. The lowest BCUT2D eigenvalue weighted by atomic mass is 9.98. The second-order valence-electron chi connectivity index (χ2n) is 4.31. The van der Waals surface area contributed by atoms with Crippen LogP contribution in [-0.2, 0) is 11.3 Å². The zero-order valence-corrected chi connectivity index (χ0v) is 9.90. The van der Waals surface area contributed by atoms with E-state index in [0.29, 0.717) is 6.42 Å². The van der Waals surface area contributed by atoms with Crippen molar-refractivity contribution in [1.29, 1.82) is 0 Å². The van der Waals surface area contributed by atoms with Crippen molar-refractivity contribution in [2.24, 2.45) is 0 Å². The minimum absolute atomic E-state index is 0.312. The molecule has 0 amide bonds. The molecule has 1 N–H and O–H groups in total. The Morgan fingerprint density at radius 1 is 1.60 bits per heavy atom. The van der Waals surface area contributed by atoms with Gasteiger partial charge in [0.15, 0.2) is 0 Å². The minimum atomic E-state index is -0.514. The standard InChI is InChI=1S/C11H20N2O2/c1-5-13-8-9(7-12-13)10(14)6-11(2,3)15-4/h7-8,10,14H,5-6H2,1-4H3. The third-order valence-electron chi connectivity index (χ3n) is 2.60. The summed E-state index contributed by atoms with van der Waals surface area (Å²) >= 11 is 0. The molecule has 1 aromatic heterocycles. The Hall–Kier alpha value is -0.870. The Kier molecular flexibility index (Phi) is 3.88. The Bertz CT molecular complexity index is 307. The molecule has 1 aromatic rings. The van der Waals surface area contributed by atoms with Crippen molar-refractivity contribution in [3.63, 3.8) is 0 Å². The Labute approximate surface area is 90.9 Å². The van der Waals surface area contributed by atoms with Crippen molar-refractivity contribution < 1.29 is 9.84 Å². The van der Waals surface area contributed by atoms with Crippen molar-refractivity contribution in [2.45, 2.75) is 45.4 Å². The fraction of sp³-hybridized carbons (Fsp3) is 0.727. The predicted molar refractivity (Wildman–Crippen MR) is 58.6 cm³/mol. The first-order chi connectivity index (χ1) is 6.98. The van der Waals surface area contributed by atoms with Gasteiger partial charge in [-0.1, -0.05) is 0 Å². The molecule has 4 nitrogen and oxygen atoms in total. The van der Waals surface area contributed by atoms with E-state index in [2.05, 4.69) is 5.10 Å². The summed E-state index contributed by atoms with van der Waals surface area (Å²) in [6, 6.07) is 0. The average Bonchev–Trinajstić information content (AvgIpc) is 2.65. The maximum atomic E-state index is 9.96. The first kappa shape index (κ1) is 12.2. The van der Waals surface area contributed by atoms with Crippen LogP contribution in [0.4, 0.5) is 0 Å². The number of methoxy groups -OCH3 is 1. The van der Waals surface area contributed by atoms with Gasteiger partial charge in [-0.2, -0.15) is 5.10 Å². The fourth-order valence-electron chi connectivity index (χ4n) is 1.39. The Morgan fingerprint density at radius 2 is 2.27 bits per heavy atom. The maximum absolute atomic E-state index is 9.96. The molecule has 0 aliphatic rings. The maximum Gasteiger partial charge on any atom is 0.0847 e. The zero-order valence-electron chi connectivity index (χ0n) is 9.90. The summed E-state index contributed by atoms with van der Waals surface area (Å²) in [4.78, 5) is 0. The van der Waals surface area contributed by atoms with Gasteiger partial charge >= 0.3 is 0 Å². The predicted octanol–water partition coefficient (Wildman–Crippen LogP) is 1.75. The number of ether oxygens (including phenoxy) is 1. The molecule has 1 unspecified atom stereocenters. The van der Waals surface area contributed by atoms with Gasteiger partial charge in [-0.05, 0) is 20.8 Å². The molecule has 0 spiro atoms. The van der Waals surface area contributed by atoms with Crippen LogP contribution in [-0.4, -0.2) is 27.6 Å². The van der Waals surface area contributed by atoms with Crippen LogP contribution in [0.1, 0.15) is 38.9 Å². The number of aliphatic hydroxyl groups excluding tert-OH is 1. The molecule has 0 aromatic carbocycles. The number of aliphatic hydroxyl groups is 1. The van der Waals surface area contributed by atoms with Gasteiger partial charge in [0.05, 0.1) is 17.9 Å². The quantitative estimate of drug-likeness (QED) is 0.809. The Balaban J connectivity index is 2.64. The van der Waals surface area contributed by atoms with E-state index in [4.69, 9.17) is 4.74 Å². The first-order valence-corrected chi connectivity index (χ1v) is 5.24. The highest BCUT2D eigenvalue weighted by molar-refractivity contribution is 5.08. The van der Waals surface area contributed by atoms with Crippen molar-refractivity contribution >= 4 is 0 Å². The van der Waals surface area contributed by atoms with Gasteiger partial charge in [-0.15, -0.1) is 0 Å². The monoisotopic (exact) mass is 212 g/mol. The third kappa shape index (κ3) is 3.32. The molecule has 4 heteroatoms. The van der Waals surface area contributed by atoms with Gasteiger partial charge in [0.2, 0.25) is 0 Å². The van der Waals surface area contributed by atoms with E-state index in [1.54, 1.807) is 18.0 Å². The van der Waals surface area contributed by atoms with E-state index in [1.807, 2.05) is 27.0 Å². The van der Waals surface area contributed by atoms with Crippen LogP contribution < -0.4 is 0 Å². The molecular weight excluding hydrogens is 192 g/mol. The molecule has 0 bridgehead atoms. The van der Waals surface area contributed by atoms with E-state index in [-0.39, 0.29) is 5.60 Å². The molecule has 0 aliphatic heterocycles. The van der Waals surface area contributed by atoms with E-state index >= 15 is 0 Å². The number of rotatable bonds is 5. The van der Waals surface area contributed by atoms with Gasteiger partial charge < -0.3 is 9.84 Å². The molecule has 0 saturated carbocycles. The van der Waals surface area contributed by atoms with Gasteiger partial charge in [-0.25, -0.2) is 0 Å². The molecule has 1 atom stereocenters. The zero-order chi connectivity index (χ0) is 11.5. The number of nitrogens with zero attached hydrogens (tertiary/aromatic N) is 2. The van der Waals surface area contributed by atoms with E-state index in [9.17, 15) is 5.11 Å². The molecule has 86 valence electrons. The lowest BCUT2D eigenvalue weighted by Crippen LogP contribution is -2.25. The summed E-state index contributed by atoms with van der Waals surface area (Å²) in [5, 5.41) is 14.1. The lowest BCUT2D eigenvalue weighted by molar-refractivity contribution is -0.0201. The summed E-state index contributed by atoms with van der Waals surface area (Å²) in [5.74, 6) is 0. The van der Waals surface area contributed by atoms with Crippen LogP contribution in [0.2, 0.25) is 0 Å². The highest BCUT2D eigenvalue weighted by Crippen LogP contribution is 2.25. The van der Waals surface area contributed by atoms with Crippen LogP contribution in [0, 0.1) is 0 Å². The molecule has 0 aliphatic carbocycles. The second kappa shape index (κ2) is 4.77. The van der Waals surface area contributed by atoms with Crippen molar-refractivity contribution in [1.82, 2.24) is 9.78 Å². The Morgan fingerprint density at radius 3 is 2.73 bits per heavy atom. The van der Waals surface area contributed by atoms with E-state index in [0.717, 1.165) is 12.1 Å². The molecule has 1 heterocycles. The number of aromatic nitrogens is 2. The normalized spacial score (nSPS) is 14.2. The van der Waals surface area contributed by atoms with Gasteiger partial charge in [0, 0.05) is 31.8 Å². The molecule has 15 heavy (non-hydrogen) atoms. The van der Waals surface area contributed by atoms with Crippen LogP contribution in [0.3, 0.4) is 0 Å². The second-order valence-corrected chi connectivity index (χ2v) is 4.31. The van der Waals surface area contributed by atoms with Gasteiger partial charge in [0.1, 0.15) is 0 Å². The molecule has 0 saturated heterocycles. The molecule has 0 radical (unpaired) electrons. The van der Waals surface area contributed by atoms with Crippen LogP contribution in [0.5, 0.6) is 0 Å². The lowest BCUT2D eigenvalue weighted by Gasteiger charge is -2.25. The highest BCUT2D eigenvalue weighted by Gasteiger charge is 2.23. The SMILES string of the molecule is CCn1cc(C(O)CC(C)(C)OC)cn1. The van der Waals surface area contributed by atoms with Crippen molar-refractivity contribution in [3.8, 4) is 0 Å². The highest BCUT2D eigenvalue weighted by atomic mass is 16.5. The summed E-state index contributed by atoms with van der Waals surface area (Å²) in [6.45, 7) is 6.75.